The van der Waals surface area contributed by atoms with Crippen LogP contribution in [0.1, 0.15) is 18.9 Å². The Hall–Kier alpha value is -0.930. The molecule has 1 aliphatic heterocycles. The molecule has 3 heteroatoms. The SMILES string of the molecule is CC1(CN)CCN(CCc2cccnc2)C1. The highest BCUT2D eigenvalue weighted by Gasteiger charge is 2.31. The van der Waals surface area contributed by atoms with Gasteiger partial charge in [0.1, 0.15) is 0 Å². The van der Waals surface area contributed by atoms with E-state index in [1.165, 1.54) is 18.5 Å². The summed E-state index contributed by atoms with van der Waals surface area (Å²) in [4.78, 5) is 6.65. The molecule has 1 aromatic rings. The van der Waals surface area contributed by atoms with E-state index in [0.29, 0.717) is 5.41 Å². The third-order valence-corrected chi connectivity index (χ3v) is 3.57. The first-order chi connectivity index (χ1) is 7.72. The lowest BCUT2D eigenvalue weighted by Gasteiger charge is -2.22. The van der Waals surface area contributed by atoms with Crippen LogP contribution in [-0.4, -0.2) is 36.1 Å². The van der Waals surface area contributed by atoms with Crippen LogP contribution in [0.2, 0.25) is 0 Å². The Morgan fingerprint density at radius 2 is 2.44 bits per heavy atom. The quantitative estimate of drug-likeness (QED) is 0.830. The van der Waals surface area contributed by atoms with E-state index in [9.17, 15) is 0 Å². The minimum Gasteiger partial charge on any atom is -0.330 e. The lowest BCUT2D eigenvalue weighted by molar-refractivity contribution is 0.283. The van der Waals surface area contributed by atoms with Crippen molar-refractivity contribution in [2.24, 2.45) is 11.1 Å². The first kappa shape index (κ1) is 11.6. The molecule has 1 saturated heterocycles. The van der Waals surface area contributed by atoms with E-state index in [4.69, 9.17) is 5.73 Å². The van der Waals surface area contributed by atoms with Gasteiger partial charge in [0, 0.05) is 25.5 Å². The molecule has 1 unspecified atom stereocenters. The summed E-state index contributed by atoms with van der Waals surface area (Å²) < 4.78 is 0. The van der Waals surface area contributed by atoms with Gasteiger partial charge < -0.3 is 10.6 Å². The molecule has 88 valence electrons. The van der Waals surface area contributed by atoms with Crippen molar-refractivity contribution in [1.29, 1.82) is 0 Å². The maximum atomic E-state index is 5.80. The zero-order valence-corrected chi connectivity index (χ0v) is 10.0. The molecule has 0 aliphatic carbocycles. The van der Waals surface area contributed by atoms with Gasteiger partial charge in [0.2, 0.25) is 0 Å². The third-order valence-electron chi connectivity index (χ3n) is 3.57. The number of aromatic nitrogens is 1. The van der Waals surface area contributed by atoms with Gasteiger partial charge in [-0.1, -0.05) is 13.0 Å². The molecule has 0 aromatic carbocycles. The maximum absolute atomic E-state index is 5.80. The Morgan fingerprint density at radius 3 is 3.06 bits per heavy atom. The lowest BCUT2D eigenvalue weighted by Crippen LogP contribution is -2.32. The van der Waals surface area contributed by atoms with Crippen molar-refractivity contribution >= 4 is 0 Å². The molecule has 2 heterocycles. The van der Waals surface area contributed by atoms with Crippen LogP contribution in [-0.2, 0) is 6.42 Å². The topological polar surface area (TPSA) is 42.1 Å². The number of pyridine rings is 1. The molecule has 0 spiro atoms. The zero-order chi connectivity index (χ0) is 11.4. The van der Waals surface area contributed by atoms with Crippen molar-refractivity contribution in [3.8, 4) is 0 Å². The van der Waals surface area contributed by atoms with E-state index in [-0.39, 0.29) is 0 Å². The Labute approximate surface area is 97.7 Å². The number of nitrogens with two attached hydrogens (primary N) is 1. The minimum absolute atomic E-state index is 0.342. The van der Waals surface area contributed by atoms with Gasteiger partial charge in [-0.3, -0.25) is 4.98 Å². The van der Waals surface area contributed by atoms with Crippen molar-refractivity contribution < 1.29 is 0 Å². The van der Waals surface area contributed by atoms with Gasteiger partial charge in [-0.25, -0.2) is 0 Å². The van der Waals surface area contributed by atoms with Gasteiger partial charge >= 0.3 is 0 Å². The predicted octanol–water partition coefficient (Wildman–Crippen LogP) is 1.29. The molecule has 1 aromatic heterocycles. The van der Waals surface area contributed by atoms with E-state index in [0.717, 1.165) is 26.1 Å². The smallest absolute Gasteiger partial charge is 0.0300 e. The summed E-state index contributed by atoms with van der Waals surface area (Å²) in [5, 5.41) is 0. The van der Waals surface area contributed by atoms with E-state index < -0.39 is 0 Å². The van der Waals surface area contributed by atoms with E-state index >= 15 is 0 Å². The summed E-state index contributed by atoms with van der Waals surface area (Å²) in [5.41, 5.74) is 7.47. The monoisotopic (exact) mass is 219 g/mol. The van der Waals surface area contributed by atoms with Crippen molar-refractivity contribution in [2.75, 3.05) is 26.2 Å². The Morgan fingerprint density at radius 1 is 1.56 bits per heavy atom. The first-order valence-corrected chi connectivity index (χ1v) is 6.03. The summed E-state index contributed by atoms with van der Waals surface area (Å²) in [6, 6.07) is 4.15. The van der Waals surface area contributed by atoms with Crippen molar-refractivity contribution in [2.45, 2.75) is 19.8 Å². The number of nitrogens with zero attached hydrogens (tertiary/aromatic N) is 2. The molecule has 0 saturated carbocycles. The maximum Gasteiger partial charge on any atom is 0.0300 e. The zero-order valence-electron chi connectivity index (χ0n) is 10.0. The Bertz CT molecular complexity index is 325. The molecule has 0 radical (unpaired) electrons. The molecule has 1 aliphatic rings. The van der Waals surface area contributed by atoms with Gasteiger partial charge in [-0.15, -0.1) is 0 Å². The van der Waals surface area contributed by atoms with E-state index in [1.807, 2.05) is 18.5 Å². The fourth-order valence-corrected chi connectivity index (χ4v) is 2.32. The van der Waals surface area contributed by atoms with Crippen molar-refractivity contribution in [3.05, 3.63) is 30.1 Å². The number of likely N-dealkylation sites (tertiary alicyclic amines) is 1. The standard InChI is InChI=1S/C13H21N3/c1-13(10-14)5-8-16(11-13)7-4-12-3-2-6-15-9-12/h2-3,6,9H,4-5,7-8,10-11,14H2,1H3. The van der Waals surface area contributed by atoms with Crippen LogP contribution in [0.3, 0.4) is 0 Å². The Balaban J connectivity index is 1.80. The van der Waals surface area contributed by atoms with Crippen LogP contribution in [0.25, 0.3) is 0 Å². The largest absolute Gasteiger partial charge is 0.330 e. The molecular weight excluding hydrogens is 198 g/mol. The summed E-state index contributed by atoms with van der Waals surface area (Å²) in [6.07, 6.45) is 6.11. The van der Waals surface area contributed by atoms with Crippen LogP contribution in [0.4, 0.5) is 0 Å². The predicted molar refractivity (Wildman–Crippen MR) is 66.2 cm³/mol. The third kappa shape index (κ3) is 2.80. The van der Waals surface area contributed by atoms with E-state index in [2.05, 4.69) is 22.9 Å². The highest BCUT2D eigenvalue weighted by molar-refractivity contribution is 5.08. The molecule has 2 N–H and O–H groups in total. The van der Waals surface area contributed by atoms with Gasteiger partial charge in [0.05, 0.1) is 0 Å². The van der Waals surface area contributed by atoms with Crippen molar-refractivity contribution in [1.82, 2.24) is 9.88 Å². The van der Waals surface area contributed by atoms with Crippen LogP contribution in [0.15, 0.2) is 24.5 Å². The van der Waals surface area contributed by atoms with Gasteiger partial charge in [-0.05, 0) is 43.0 Å². The summed E-state index contributed by atoms with van der Waals surface area (Å²) >= 11 is 0. The molecule has 1 fully saturated rings. The highest BCUT2D eigenvalue weighted by Crippen LogP contribution is 2.28. The van der Waals surface area contributed by atoms with Crippen LogP contribution >= 0.6 is 0 Å². The summed E-state index contributed by atoms with van der Waals surface area (Å²) in [5.74, 6) is 0. The molecule has 0 bridgehead atoms. The first-order valence-electron chi connectivity index (χ1n) is 6.03. The van der Waals surface area contributed by atoms with Gasteiger partial charge in [0.25, 0.3) is 0 Å². The average Bonchev–Trinajstić information content (AvgIpc) is 2.71. The minimum atomic E-state index is 0.342. The molecular formula is C13H21N3. The highest BCUT2D eigenvalue weighted by atomic mass is 15.2. The number of hydrogen-bond acceptors (Lipinski definition) is 3. The second-order valence-corrected chi connectivity index (χ2v) is 5.15. The second-order valence-electron chi connectivity index (χ2n) is 5.15. The number of hydrogen-bond donors (Lipinski definition) is 1. The lowest BCUT2D eigenvalue weighted by atomic mass is 9.90. The fraction of sp³-hybridized carbons (Fsp3) is 0.615. The number of rotatable bonds is 4. The van der Waals surface area contributed by atoms with Crippen LogP contribution in [0, 0.1) is 5.41 Å². The van der Waals surface area contributed by atoms with Gasteiger partial charge in [-0.2, -0.15) is 0 Å². The van der Waals surface area contributed by atoms with E-state index in [1.54, 1.807) is 0 Å². The van der Waals surface area contributed by atoms with Gasteiger partial charge in [0.15, 0.2) is 0 Å². The molecule has 2 rings (SSSR count). The second kappa shape index (κ2) is 4.93. The molecule has 3 nitrogen and oxygen atoms in total. The summed E-state index contributed by atoms with van der Waals surface area (Å²) in [6.45, 7) is 6.55. The van der Waals surface area contributed by atoms with Crippen molar-refractivity contribution in [3.63, 3.8) is 0 Å². The normalized spacial score (nSPS) is 26.1. The van der Waals surface area contributed by atoms with Crippen LogP contribution in [0.5, 0.6) is 0 Å². The molecule has 16 heavy (non-hydrogen) atoms. The molecule has 1 atom stereocenters. The average molecular weight is 219 g/mol. The summed E-state index contributed by atoms with van der Waals surface area (Å²) in [7, 11) is 0. The molecule has 0 amide bonds. The van der Waals surface area contributed by atoms with Crippen LogP contribution < -0.4 is 5.73 Å². The fourth-order valence-electron chi connectivity index (χ4n) is 2.32. The Kier molecular flexibility index (Phi) is 3.56.